The molecule has 0 aliphatic rings. The Bertz CT molecular complexity index is 611. The highest BCUT2D eigenvalue weighted by molar-refractivity contribution is 5.77. The van der Waals surface area contributed by atoms with Gasteiger partial charge < -0.3 is 4.90 Å². The van der Waals surface area contributed by atoms with Crippen molar-refractivity contribution in [3.8, 4) is 0 Å². The lowest BCUT2D eigenvalue weighted by molar-refractivity contribution is -0.384. The number of nitro groups is 1. The number of nitro benzene ring substituents is 1. The Balaban J connectivity index is 3.36. The van der Waals surface area contributed by atoms with Crippen LogP contribution in [0, 0.1) is 22.0 Å². The van der Waals surface area contributed by atoms with Crippen molar-refractivity contribution < 1.29 is 9.72 Å². The van der Waals surface area contributed by atoms with Gasteiger partial charge >= 0.3 is 0 Å². The van der Waals surface area contributed by atoms with Gasteiger partial charge in [-0.25, -0.2) is 0 Å². The number of ketones is 1. The molecule has 0 unspecified atom stereocenters. The first-order valence-corrected chi connectivity index (χ1v) is 8.97. The van der Waals surface area contributed by atoms with Crippen LogP contribution in [-0.2, 0) is 10.2 Å². The molecular formula is C20H32N2O3. The molecule has 1 rings (SSSR count). The number of anilines is 1. The van der Waals surface area contributed by atoms with Crippen LogP contribution in [0.5, 0.6) is 0 Å². The fourth-order valence-corrected chi connectivity index (χ4v) is 3.24. The van der Waals surface area contributed by atoms with E-state index < -0.39 is 5.41 Å². The van der Waals surface area contributed by atoms with Crippen molar-refractivity contribution >= 4 is 17.2 Å². The molecule has 0 spiro atoms. The van der Waals surface area contributed by atoms with Gasteiger partial charge in [-0.15, -0.1) is 0 Å². The van der Waals surface area contributed by atoms with Gasteiger partial charge in [-0.2, -0.15) is 0 Å². The summed E-state index contributed by atoms with van der Waals surface area (Å²) in [4.78, 5) is 25.0. The van der Waals surface area contributed by atoms with Crippen LogP contribution < -0.4 is 4.90 Å². The molecule has 0 atom stereocenters. The van der Waals surface area contributed by atoms with Gasteiger partial charge in [-0.3, -0.25) is 14.9 Å². The molecule has 0 saturated carbocycles. The minimum atomic E-state index is -0.421. The van der Waals surface area contributed by atoms with E-state index in [4.69, 9.17) is 0 Å². The van der Waals surface area contributed by atoms with Crippen LogP contribution in [0.4, 0.5) is 11.4 Å². The number of rotatable bonds is 9. The summed E-state index contributed by atoms with van der Waals surface area (Å²) in [7, 11) is 0. The van der Waals surface area contributed by atoms with Crippen molar-refractivity contribution in [1.29, 1.82) is 0 Å². The fraction of sp³-hybridized carbons (Fsp3) is 0.650. The summed E-state index contributed by atoms with van der Waals surface area (Å²) >= 11 is 0. The van der Waals surface area contributed by atoms with E-state index in [1.54, 1.807) is 13.0 Å². The Hall–Kier alpha value is -1.91. The van der Waals surface area contributed by atoms with Crippen LogP contribution in [0.25, 0.3) is 0 Å². The van der Waals surface area contributed by atoms with Crippen molar-refractivity contribution in [2.45, 2.75) is 60.3 Å². The third-order valence-electron chi connectivity index (χ3n) is 4.16. The summed E-state index contributed by atoms with van der Waals surface area (Å²) in [5.74, 6) is 0.900. The number of carbonyl (C=O) groups is 1. The van der Waals surface area contributed by atoms with E-state index >= 15 is 0 Å². The van der Waals surface area contributed by atoms with Crippen molar-refractivity contribution in [2.75, 3.05) is 18.0 Å². The van der Waals surface area contributed by atoms with E-state index in [2.05, 4.69) is 32.6 Å². The van der Waals surface area contributed by atoms with Gasteiger partial charge in [-0.1, -0.05) is 47.6 Å². The van der Waals surface area contributed by atoms with E-state index in [1.807, 2.05) is 26.0 Å². The van der Waals surface area contributed by atoms with E-state index in [0.29, 0.717) is 23.9 Å². The van der Waals surface area contributed by atoms with Crippen LogP contribution in [0.3, 0.4) is 0 Å². The van der Waals surface area contributed by atoms with Crippen LogP contribution in [0.2, 0.25) is 0 Å². The molecule has 0 aliphatic heterocycles. The second-order valence-electron chi connectivity index (χ2n) is 8.42. The van der Waals surface area contributed by atoms with Crippen LogP contribution in [0.1, 0.15) is 60.5 Å². The highest BCUT2D eigenvalue weighted by Gasteiger charge is 2.28. The lowest BCUT2D eigenvalue weighted by Crippen LogP contribution is -2.32. The molecule has 1 aromatic carbocycles. The van der Waals surface area contributed by atoms with Gasteiger partial charge in [0.2, 0.25) is 0 Å². The molecule has 5 heteroatoms. The maximum Gasteiger partial charge on any atom is 0.292 e. The number of hydrogen-bond acceptors (Lipinski definition) is 4. The molecule has 0 N–H and O–H groups in total. The highest BCUT2D eigenvalue weighted by Crippen LogP contribution is 2.36. The fourth-order valence-electron chi connectivity index (χ4n) is 3.24. The van der Waals surface area contributed by atoms with Gasteiger partial charge in [-0.05, 0) is 35.8 Å². The van der Waals surface area contributed by atoms with Gasteiger partial charge in [0.1, 0.15) is 11.5 Å². The maximum atomic E-state index is 11.7. The van der Waals surface area contributed by atoms with E-state index in [-0.39, 0.29) is 16.4 Å². The molecular weight excluding hydrogens is 316 g/mol. The molecule has 25 heavy (non-hydrogen) atoms. The number of benzene rings is 1. The SMILES string of the molecule is CC(=O)CC(C)(C)c1ccc(N(CC(C)C)CC(C)C)c([N+](=O)[O-])c1. The standard InChI is InChI=1S/C20H32N2O3/c1-14(2)12-21(13-15(3)4)18-9-8-17(10-19(18)22(24)25)20(6,7)11-16(5)23/h8-10,14-15H,11-13H2,1-7H3. The molecule has 0 aliphatic carbocycles. The molecule has 0 radical (unpaired) electrons. The summed E-state index contributed by atoms with van der Waals surface area (Å²) in [6.45, 7) is 15.5. The third-order valence-corrected chi connectivity index (χ3v) is 4.16. The van der Waals surface area contributed by atoms with Crippen molar-refractivity contribution in [3.63, 3.8) is 0 Å². The minimum absolute atomic E-state index is 0.0815. The Kier molecular flexibility index (Phi) is 7.15. The Morgan fingerprint density at radius 2 is 1.68 bits per heavy atom. The third kappa shape index (κ3) is 6.15. The first-order valence-electron chi connectivity index (χ1n) is 8.97. The average molecular weight is 348 g/mol. The minimum Gasteiger partial charge on any atom is -0.365 e. The van der Waals surface area contributed by atoms with E-state index in [0.717, 1.165) is 18.7 Å². The smallest absolute Gasteiger partial charge is 0.292 e. The second kappa shape index (κ2) is 8.45. The van der Waals surface area contributed by atoms with Gasteiger partial charge in [0.25, 0.3) is 5.69 Å². The largest absolute Gasteiger partial charge is 0.365 e. The lowest BCUT2D eigenvalue weighted by Gasteiger charge is -2.29. The van der Waals surface area contributed by atoms with Gasteiger partial charge in [0.15, 0.2) is 0 Å². The second-order valence-corrected chi connectivity index (χ2v) is 8.42. The molecule has 0 heterocycles. The quantitative estimate of drug-likeness (QED) is 0.467. The monoisotopic (exact) mass is 348 g/mol. The number of hydrogen-bond donors (Lipinski definition) is 0. The van der Waals surface area contributed by atoms with Crippen molar-refractivity contribution in [3.05, 3.63) is 33.9 Å². The van der Waals surface area contributed by atoms with Crippen molar-refractivity contribution in [2.24, 2.45) is 11.8 Å². The summed E-state index contributed by atoms with van der Waals surface area (Å²) < 4.78 is 0. The molecule has 1 aromatic rings. The van der Waals surface area contributed by atoms with Crippen molar-refractivity contribution in [1.82, 2.24) is 0 Å². The van der Waals surface area contributed by atoms with E-state index in [1.165, 1.54) is 0 Å². The first kappa shape index (κ1) is 21.1. The number of carbonyl (C=O) groups excluding carboxylic acids is 1. The Morgan fingerprint density at radius 3 is 2.08 bits per heavy atom. The average Bonchev–Trinajstić information content (AvgIpc) is 2.43. The number of Topliss-reactive ketones (excluding diaryl/α,β-unsaturated/α-hetero) is 1. The highest BCUT2D eigenvalue weighted by atomic mass is 16.6. The summed E-state index contributed by atoms with van der Waals surface area (Å²) in [6.07, 6.45) is 0.366. The molecule has 0 amide bonds. The zero-order valence-corrected chi connectivity index (χ0v) is 16.6. The lowest BCUT2D eigenvalue weighted by atomic mass is 9.80. The predicted molar refractivity (Wildman–Crippen MR) is 103 cm³/mol. The zero-order chi connectivity index (χ0) is 19.4. The normalized spacial score (nSPS) is 11.9. The zero-order valence-electron chi connectivity index (χ0n) is 16.6. The van der Waals surface area contributed by atoms with Crippen LogP contribution >= 0.6 is 0 Å². The first-order chi connectivity index (χ1) is 11.4. The van der Waals surface area contributed by atoms with Crippen LogP contribution in [-0.4, -0.2) is 23.8 Å². The summed E-state index contributed by atoms with van der Waals surface area (Å²) in [5.41, 5.74) is 1.19. The topological polar surface area (TPSA) is 63.5 Å². The maximum absolute atomic E-state index is 11.7. The Morgan fingerprint density at radius 1 is 1.16 bits per heavy atom. The van der Waals surface area contributed by atoms with Crippen LogP contribution in [0.15, 0.2) is 18.2 Å². The summed E-state index contributed by atoms with van der Waals surface area (Å²) in [5, 5.41) is 11.7. The summed E-state index contributed by atoms with van der Waals surface area (Å²) in [6, 6.07) is 5.42. The van der Waals surface area contributed by atoms with Gasteiger partial charge in [0, 0.05) is 25.6 Å². The molecule has 0 bridgehead atoms. The Labute approximate surface area is 151 Å². The molecule has 0 aromatic heterocycles. The number of nitrogens with zero attached hydrogens (tertiary/aromatic N) is 2. The molecule has 5 nitrogen and oxygen atoms in total. The molecule has 0 saturated heterocycles. The van der Waals surface area contributed by atoms with Gasteiger partial charge in [0.05, 0.1) is 4.92 Å². The predicted octanol–water partition coefficient (Wildman–Crippen LogP) is 4.97. The van der Waals surface area contributed by atoms with E-state index in [9.17, 15) is 14.9 Å². The molecule has 140 valence electrons. The molecule has 0 fully saturated rings.